The smallest absolute Gasteiger partial charge is 0.423 e. The molecule has 1 aromatic carbocycles. The van der Waals surface area contributed by atoms with Crippen molar-refractivity contribution in [1.29, 1.82) is 0 Å². The fraction of sp³-hybridized carbons (Fsp3) is 0.538. The summed E-state index contributed by atoms with van der Waals surface area (Å²) in [6, 6.07) is 4.83. The van der Waals surface area contributed by atoms with Gasteiger partial charge in [0.05, 0.1) is 0 Å². The predicted molar refractivity (Wildman–Crippen MR) is 78.7 cm³/mol. The van der Waals surface area contributed by atoms with E-state index in [2.05, 4.69) is 13.8 Å². The minimum atomic E-state index is -1.60. The zero-order chi connectivity index (χ0) is 14.4. The second-order valence-electron chi connectivity index (χ2n) is 5.08. The summed E-state index contributed by atoms with van der Waals surface area (Å²) in [7, 11) is -3.19. The Bertz CT molecular complexity index is 370. The molecule has 0 aliphatic carbocycles. The number of unbranched alkanes of at least 4 members (excludes halogenated alkanes) is 2. The lowest BCUT2D eigenvalue weighted by Gasteiger charge is -2.15. The van der Waals surface area contributed by atoms with Gasteiger partial charge in [-0.25, -0.2) is 0 Å². The average Bonchev–Trinajstić information content (AvgIpc) is 2.38. The Morgan fingerprint density at radius 3 is 1.89 bits per heavy atom. The van der Waals surface area contributed by atoms with Gasteiger partial charge in [0.2, 0.25) is 0 Å². The second kappa shape index (κ2) is 7.70. The lowest BCUT2D eigenvalue weighted by atomic mass is 9.71. The summed E-state index contributed by atoms with van der Waals surface area (Å²) in [5.41, 5.74) is 1.50. The van der Waals surface area contributed by atoms with E-state index < -0.39 is 14.2 Å². The summed E-state index contributed by atoms with van der Waals surface area (Å²) in [4.78, 5) is 0. The molecule has 0 radical (unpaired) electrons. The van der Waals surface area contributed by atoms with Crippen LogP contribution in [0, 0.1) is 0 Å². The molecule has 6 heteroatoms. The second-order valence-corrected chi connectivity index (χ2v) is 5.08. The monoisotopic (exact) mass is 264 g/mol. The third kappa shape index (κ3) is 4.99. The van der Waals surface area contributed by atoms with Gasteiger partial charge in [-0.2, -0.15) is 0 Å². The summed E-state index contributed by atoms with van der Waals surface area (Å²) < 4.78 is 0. The van der Waals surface area contributed by atoms with Crippen molar-refractivity contribution in [2.24, 2.45) is 0 Å². The molecule has 0 aromatic heterocycles. The van der Waals surface area contributed by atoms with Gasteiger partial charge in [-0.3, -0.25) is 0 Å². The van der Waals surface area contributed by atoms with Crippen LogP contribution in [0.3, 0.4) is 0 Å². The lowest BCUT2D eigenvalue weighted by molar-refractivity contribution is 0.425. The first kappa shape index (κ1) is 16.2. The fourth-order valence-electron chi connectivity index (χ4n) is 2.15. The maximum Gasteiger partial charge on any atom is 0.488 e. The Morgan fingerprint density at radius 2 is 1.47 bits per heavy atom. The molecule has 19 heavy (non-hydrogen) atoms. The quantitative estimate of drug-likeness (QED) is 0.403. The van der Waals surface area contributed by atoms with Crippen molar-refractivity contribution in [2.45, 2.75) is 45.4 Å². The number of benzene rings is 1. The first-order valence-corrected chi connectivity index (χ1v) is 6.82. The summed E-state index contributed by atoms with van der Waals surface area (Å²) in [5.74, 6) is 0.253. The summed E-state index contributed by atoms with van der Waals surface area (Å²) in [6.45, 7) is 4.21. The molecule has 0 spiro atoms. The molecule has 0 aliphatic heterocycles. The van der Waals surface area contributed by atoms with Crippen LogP contribution in [0.2, 0.25) is 0 Å². The topological polar surface area (TPSA) is 80.9 Å². The van der Waals surface area contributed by atoms with Gasteiger partial charge in [0.1, 0.15) is 0 Å². The van der Waals surface area contributed by atoms with Crippen molar-refractivity contribution < 1.29 is 20.1 Å². The molecule has 1 aromatic rings. The van der Waals surface area contributed by atoms with Gasteiger partial charge in [0.25, 0.3) is 0 Å². The van der Waals surface area contributed by atoms with Gasteiger partial charge in [-0.1, -0.05) is 51.3 Å². The molecule has 0 amide bonds. The first-order valence-electron chi connectivity index (χ1n) is 6.82. The van der Waals surface area contributed by atoms with Crippen molar-refractivity contribution in [1.82, 2.24) is 0 Å². The van der Waals surface area contributed by atoms with E-state index >= 15 is 0 Å². The molecule has 1 atom stereocenters. The Morgan fingerprint density at radius 1 is 0.947 bits per heavy atom. The van der Waals surface area contributed by atoms with Gasteiger partial charge >= 0.3 is 14.2 Å². The minimum Gasteiger partial charge on any atom is -0.423 e. The molecular formula is C13H22B2O4. The van der Waals surface area contributed by atoms with Crippen LogP contribution in [0.15, 0.2) is 18.2 Å². The van der Waals surface area contributed by atoms with Crippen LogP contribution < -0.4 is 10.9 Å². The van der Waals surface area contributed by atoms with Crippen molar-refractivity contribution in [3.05, 3.63) is 23.8 Å². The van der Waals surface area contributed by atoms with Gasteiger partial charge in [0.15, 0.2) is 0 Å². The van der Waals surface area contributed by atoms with Crippen molar-refractivity contribution in [3.63, 3.8) is 0 Å². The minimum absolute atomic E-state index is 0.253. The Balaban J connectivity index is 2.92. The summed E-state index contributed by atoms with van der Waals surface area (Å²) >= 11 is 0. The lowest BCUT2D eigenvalue weighted by Crippen LogP contribution is -2.38. The van der Waals surface area contributed by atoms with Crippen molar-refractivity contribution in [3.8, 4) is 0 Å². The van der Waals surface area contributed by atoms with Crippen LogP contribution in [0.1, 0.15) is 51.0 Å². The maximum absolute atomic E-state index is 9.24. The van der Waals surface area contributed by atoms with Crippen molar-refractivity contribution >= 4 is 25.2 Å². The molecule has 0 saturated carbocycles. The van der Waals surface area contributed by atoms with E-state index in [1.165, 1.54) is 12.5 Å². The molecule has 1 unspecified atom stereocenters. The highest BCUT2D eigenvalue weighted by atomic mass is 16.4. The summed E-state index contributed by atoms with van der Waals surface area (Å²) in [6.07, 6.45) is 4.44. The van der Waals surface area contributed by atoms with Gasteiger partial charge < -0.3 is 20.1 Å². The number of hydrogen-bond acceptors (Lipinski definition) is 4. The Kier molecular flexibility index (Phi) is 6.58. The third-order valence-corrected chi connectivity index (χ3v) is 3.41. The van der Waals surface area contributed by atoms with Gasteiger partial charge in [-0.15, -0.1) is 0 Å². The average molecular weight is 264 g/mol. The van der Waals surface area contributed by atoms with E-state index in [0.717, 1.165) is 24.8 Å². The highest BCUT2D eigenvalue weighted by Gasteiger charge is 2.19. The van der Waals surface area contributed by atoms with Gasteiger partial charge in [0, 0.05) is 0 Å². The largest absolute Gasteiger partial charge is 0.488 e. The number of rotatable bonds is 7. The van der Waals surface area contributed by atoms with Crippen LogP contribution in [0.4, 0.5) is 0 Å². The Labute approximate surface area is 115 Å². The molecule has 104 valence electrons. The molecule has 4 N–H and O–H groups in total. The predicted octanol–water partition coefficient (Wildman–Crippen LogP) is -0.270. The summed E-state index contributed by atoms with van der Waals surface area (Å²) in [5, 5.41) is 37.0. The van der Waals surface area contributed by atoms with Crippen LogP contribution in [0.25, 0.3) is 0 Å². The third-order valence-electron chi connectivity index (χ3n) is 3.41. The van der Waals surface area contributed by atoms with E-state index in [1.807, 2.05) is 0 Å². The van der Waals surface area contributed by atoms with E-state index in [9.17, 15) is 20.1 Å². The molecule has 0 fully saturated rings. The maximum atomic E-state index is 9.24. The number of hydrogen-bond donors (Lipinski definition) is 4. The highest BCUT2D eigenvalue weighted by molar-refractivity contribution is 6.62. The standard InChI is InChI=1S/C13H22B2O4/c1-3-4-5-6-10(2)11-7-12(14(16)17)9-13(8-11)15(18)19/h7-10,16-19H,3-6H2,1-2H3. The molecule has 0 aliphatic rings. The van der Waals surface area contributed by atoms with Crippen molar-refractivity contribution in [2.75, 3.05) is 0 Å². The molecule has 0 bridgehead atoms. The zero-order valence-electron chi connectivity index (χ0n) is 11.6. The van der Waals surface area contributed by atoms with Crippen LogP contribution >= 0.6 is 0 Å². The van der Waals surface area contributed by atoms with E-state index in [-0.39, 0.29) is 5.92 Å². The van der Waals surface area contributed by atoms with Crippen LogP contribution in [0.5, 0.6) is 0 Å². The zero-order valence-corrected chi connectivity index (χ0v) is 11.6. The van der Waals surface area contributed by atoms with Crippen LogP contribution in [-0.4, -0.2) is 34.3 Å². The van der Waals surface area contributed by atoms with E-state index in [1.54, 1.807) is 12.1 Å². The van der Waals surface area contributed by atoms with E-state index in [0.29, 0.717) is 10.9 Å². The SMILES string of the molecule is CCCCCC(C)c1cc(B(O)O)cc(B(O)O)c1. The first-order chi connectivity index (χ1) is 8.95. The molecular weight excluding hydrogens is 242 g/mol. The van der Waals surface area contributed by atoms with Gasteiger partial charge in [-0.05, 0) is 28.8 Å². The Hall–Kier alpha value is -0.810. The molecule has 4 nitrogen and oxygen atoms in total. The molecule has 0 saturated heterocycles. The van der Waals surface area contributed by atoms with E-state index in [4.69, 9.17) is 0 Å². The molecule has 0 heterocycles. The molecule has 1 rings (SSSR count). The highest BCUT2D eigenvalue weighted by Crippen LogP contribution is 2.20. The van der Waals surface area contributed by atoms with Crippen LogP contribution in [-0.2, 0) is 0 Å². The fourth-order valence-corrected chi connectivity index (χ4v) is 2.15. The normalized spacial score (nSPS) is 12.3.